The third kappa shape index (κ3) is 2.90. The van der Waals surface area contributed by atoms with Gasteiger partial charge in [0.05, 0.1) is 0 Å². The van der Waals surface area contributed by atoms with E-state index >= 15 is 0 Å². The summed E-state index contributed by atoms with van der Waals surface area (Å²) in [6.45, 7) is 3.70. The standard InChI is InChI=1S/C19H18ClNO2S/c1-12-8-17-14(10-15(12)20)13(9-19(22)23-17)11-21-6-2-4-16(21)18-5-3-7-24-18/h3,5,7-10,16H,2,4,6,11H2,1H3/t16-/m0/s1. The van der Waals surface area contributed by atoms with Crippen molar-refractivity contribution in [2.24, 2.45) is 0 Å². The van der Waals surface area contributed by atoms with Gasteiger partial charge in [0.25, 0.3) is 0 Å². The van der Waals surface area contributed by atoms with E-state index in [2.05, 4.69) is 22.4 Å². The number of likely N-dealkylation sites (tertiary alicyclic amines) is 1. The molecule has 1 fully saturated rings. The van der Waals surface area contributed by atoms with E-state index in [-0.39, 0.29) is 5.63 Å². The molecule has 0 saturated carbocycles. The summed E-state index contributed by atoms with van der Waals surface area (Å²) in [6.07, 6.45) is 2.35. The predicted octanol–water partition coefficient (Wildman–Crippen LogP) is 5.15. The minimum atomic E-state index is -0.300. The molecular weight excluding hydrogens is 342 g/mol. The number of thiophene rings is 1. The molecule has 0 aliphatic carbocycles. The topological polar surface area (TPSA) is 33.5 Å². The van der Waals surface area contributed by atoms with Gasteiger partial charge in [-0.15, -0.1) is 11.3 Å². The van der Waals surface area contributed by atoms with E-state index in [9.17, 15) is 4.79 Å². The molecule has 0 spiro atoms. The minimum Gasteiger partial charge on any atom is -0.423 e. The molecule has 3 aromatic rings. The zero-order valence-corrected chi connectivity index (χ0v) is 15.0. The lowest BCUT2D eigenvalue weighted by Crippen LogP contribution is -2.23. The van der Waals surface area contributed by atoms with Gasteiger partial charge in [-0.1, -0.05) is 17.7 Å². The van der Waals surface area contributed by atoms with Crippen molar-refractivity contribution in [3.05, 3.63) is 67.2 Å². The van der Waals surface area contributed by atoms with E-state index in [0.29, 0.717) is 16.6 Å². The molecule has 1 atom stereocenters. The number of aryl methyl sites for hydroxylation is 1. The molecule has 0 radical (unpaired) electrons. The first-order valence-corrected chi connectivity index (χ1v) is 9.38. The molecule has 2 aromatic heterocycles. The lowest BCUT2D eigenvalue weighted by atomic mass is 10.1. The number of rotatable bonds is 3. The smallest absolute Gasteiger partial charge is 0.336 e. The van der Waals surface area contributed by atoms with Gasteiger partial charge in [-0.2, -0.15) is 0 Å². The zero-order valence-electron chi connectivity index (χ0n) is 13.4. The average molecular weight is 360 g/mol. The van der Waals surface area contributed by atoms with E-state index in [1.54, 1.807) is 17.4 Å². The number of hydrogen-bond acceptors (Lipinski definition) is 4. The first-order chi connectivity index (χ1) is 11.6. The van der Waals surface area contributed by atoms with Gasteiger partial charge >= 0.3 is 5.63 Å². The lowest BCUT2D eigenvalue weighted by Gasteiger charge is -2.24. The molecule has 0 N–H and O–H groups in total. The molecule has 1 aromatic carbocycles. The summed E-state index contributed by atoms with van der Waals surface area (Å²) in [7, 11) is 0. The first-order valence-electron chi connectivity index (χ1n) is 8.12. The summed E-state index contributed by atoms with van der Waals surface area (Å²) in [6, 6.07) is 10.1. The summed E-state index contributed by atoms with van der Waals surface area (Å²) < 4.78 is 5.37. The van der Waals surface area contributed by atoms with E-state index in [0.717, 1.165) is 29.6 Å². The van der Waals surface area contributed by atoms with Crippen LogP contribution in [0.5, 0.6) is 0 Å². The average Bonchev–Trinajstić information content (AvgIpc) is 3.20. The third-order valence-corrected chi connectivity index (χ3v) is 6.10. The Labute approximate surface area is 149 Å². The Balaban J connectivity index is 1.74. The van der Waals surface area contributed by atoms with Crippen LogP contribution in [0.2, 0.25) is 5.02 Å². The van der Waals surface area contributed by atoms with Gasteiger partial charge in [-0.05, 0) is 61.0 Å². The van der Waals surface area contributed by atoms with Crippen LogP contribution in [0.15, 0.2) is 44.9 Å². The lowest BCUT2D eigenvalue weighted by molar-refractivity contribution is 0.252. The summed E-state index contributed by atoms with van der Waals surface area (Å²) in [4.78, 5) is 15.8. The first kappa shape index (κ1) is 15.9. The van der Waals surface area contributed by atoms with Gasteiger partial charge in [-0.3, -0.25) is 4.90 Å². The normalized spacial score (nSPS) is 18.5. The second-order valence-electron chi connectivity index (χ2n) is 6.33. The van der Waals surface area contributed by atoms with Crippen LogP contribution in [0.4, 0.5) is 0 Å². The molecule has 124 valence electrons. The van der Waals surface area contributed by atoms with Gasteiger partial charge in [0.2, 0.25) is 0 Å². The van der Waals surface area contributed by atoms with Crippen molar-refractivity contribution >= 4 is 33.9 Å². The molecule has 3 heterocycles. The minimum absolute atomic E-state index is 0.300. The van der Waals surface area contributed by atoms with Crippen molar-refractivity contribution in [2.75, 3.05) is 6.54 Å². The summed E-state index contributed by atoms with van der Waals surface area (Å²) in [5.74, 6) is 0. The van der Waals surface area contributed by atoms with Crippen molar-refractivity contribution in [3.8, 4) is 0 Å². The summed E-state index contributed by atoms with van der Waals surface area (Å²) >= 11 is 8.10. The highest BCUT2D eigenvalue weighted by Gasteiger charge is 2.27. The van der Waals surface area contributed by atoms with Crippen LogP contribution < -0.4 is 5.63 Å². The van der Waals surface area contributed by atoms with E-state index in [1.807, 2.05) is 19.1 Å². The van der Waals surface area contributed by atoms with Crippen molar-refractivity contribution in [1.82, 2.24) is 4.90 Å². The Morgan fingerprint density at radius 2 is 2.25 bits per heavy atom. The van der Waals surface area contributed by atoms with Gasteiger partial charge < -0.3 is 4.42 Å². The zero-order chi connectivity index (χ0) is 16.7. The Bertz CT molecular complexity index is 932. The highest BCUT2D eigenvalue weighted by atomic mass is 35.5. The fourth-order valence-electron chi connectivity index (χ4n) is 3.52. The van der Waals surface area contributed by atoms with Gasteiger partial charge in [-0.25, -0.2) is 4.79 Å². The predicted molar refractivity (Wildman–Crippen MR) is 98.9 cm³/mol. The largest absolute Gasteiger partial charge is 0.423 e. The van der Waals surface area contributed by atoms with Crippen LogP contribution in [-0.4, -0.2) is 11.4 Å². The van der Waals surface area contributed by atoms with Crippen molar-refractivity contribution in [3.63, 3.8) is 0 Å². The number of fused-ring (bicyclic) bond motifs is 1. The van der Waals surface area contributed by atoms with E-state index < -0.39 is 0 Å². The molecule has 0 unspecified atom stereocenters. The number of benzene rings is 1. The molecule has 24 heavy (non-hydrogen) atoms. The SMILES string of the molecule is Cc1cc2oc(=O)cc(CN3CCC[C@H]3c3cccs3)c2cc1Cl. The van der Waals surface area contributed by atoms with Crippen LogP contribution in [0.25, 0.3) is 11.0 Å². The number of nitrogens with zero attached hydrogens (tertiary/aromatic N) is 1. The molecule has 4 rings (SSSR count). The molecular formula is C19H18ClNO2S. The van der Waals surface area contributed by atoms with Crippen LogP contribution in [0, 0.1) is 6.92 Å². The highest BCUT2D eigenvalue weighted by Crippen LogP contribution is 2.36. The molecule has 0 bridgehead atoms. The maximum atomic E-state index is 12.0. The number of halogens is 1. The Kier molecular flexibility index (Phi) is 4.21. The van der Waals surface area contributed by atoms with Crippen molar-refractivity contribution in [1.29, 1.82) is 0 Å². The summed E-state index contributed by atoms with van der Waals surface area (Å²) in [5.41, 5.74) is 2.23. The second kappa shape index (κ2) is 6.36. The van der Waals surface area contributed by atoms with Crippen LogP contribution in [0.3, 0.4) is 0 Å². The van der Waals surface area contributed by atoms with Gasteiger partial charge in [0.1, 0.15) is 5.58 Å². The maximum absolute atomic E-state index is 12.0. The van der Waals surface area contributed by atoms with E-state index in [4.69, 9.17) is 16.0 Å². The van der Waals surface area contributed by atoms with Crippen LogP contribution >= 0.6 is 22.9 Å². The van der Waals surface area contributed by atoms with Crippen molar-refractivity contribution in [2.45, 2.75) is 32.4 Å². The highest BCUT2D eigenvalue weighted by molar-refractivity contribution is 7.10. The second-order valence-corrected chi connectivity index (χ2v) is 7.72. The van der Waals surface area contributed by atoms with E-state index in [1.165, 1.54) is 17.7 Å². The third-order valence-electron chi connectivity index (χ3n) is 4.72. The summed E-state index contributed by atoms with van der Waals surface area (Å²) in [5, 5.41) is 3.76. The fraction of sp³-hybridized carbons (Fsp3) is 0.316. The van der Waals surface area contributed by atoms with Crippen LogP contribution in [0.1, 0.15) is 34.9 Å². The molecule has 3 nitrogen and oxygen atoms in total. The molecule has 1 aliphatic heterocycles. The Hall–Kier alpha value is -1.62. The van der Waals surface area contributed by atoms with Gasteiger partial charge in [0, 0.05) is 33.9 Å². The number of hydrogen-bond donors (Lipinski definition) is 0. The van der Waals surface area contributed by atoms with Gasteiger partial charge in [0.15, 0.2) is 0 Å². The molecule has 0 amide bonds. The quantitative estimate of drug-likeness (QED) is 0.606. The fourth-order valence-corrected chi connectivity index (χ4v) is 4.58. The maximum Gasteiger partial charge on any atom is 0.336 e. The molecule has 1 aliphatic rings. The van der Waals surface area contributed by atoms with Crippen molar-refractivity contribution < 1.29 is 4.42 Å². The van der Waals surface area contributed by atoms with Crippen LogP contribution in [-0.2, 0) is 6.54 Å². The monoisotopic (exact) mass is 359 g/mol. The Morgan fingerprint density at radius 1 is 1.38 bits per heavy atom. The Morgan fingerprint density at radius 3 is 3.04 bits per heavy atom. The molecule has 1 saturated heterocycles. The molecule has 5 heteroatoms.